The van der Waals surface area contributed by atoms with Gasteiger partial charge in [-0.2, -0.15) is 0 Å². The van der Waals surface area contributed by atoms with E-state index in [1.807, 2.05) is 75.4 Å². The minimum Gasteiger partial charge on any atom is -0.484 e. The predicted molar refractivity (Wildman–Crippen MR) is 135 cm³/mol. The SMILES string of the molecule is CC[C@@H](C)NC(=O)[C@@H](Cc1ccccc1)N(Cc1ccc(F)cc1)C(=O)COc1ccccc1C. The third kappa shape index (κ3) is 7.67. The number of aryl methyl sites for hydroxylation is 1. The summed E-state index contributed by atoms with van der Waals surface area (Å²) < 4.78 is 19.4. The zero-order valence-electron chi connectivity index (χ0n) is 20.5. The summed E-state index contributed by atoms with van der Waals surface area (Å²) in [6.45, 7) is 5.78. The van der Waals surface area contributed by atoms with Crippen molar-refractivity contribution in [3.8, 4) is 5.75 Å². The summed E-state index contributed by atoms with van der Waals surface area (Å²) in [4.78, 5) is 28.5. The van der Waals surface area contributed by atoms with Gasteiger partial charge in [-0.25, -0.2) is 4.39 Å². The van der Waals surface area contributed by atoms with E-state index in [4.69, 9.17) is 4.74 Å². The molecule has 0 fully saturated rings. The third-order valence-electron chi connectivity index (χ3n) is 5.98. The van der Waals surface area contributed by atoms with Gasteiger partial charge < -0.3 is 15.0 Å². The van der Waals surface area contributed by atoms with Crippen LogP contribution in [0.25, 0.3) is 0 Å². The number of halogens is 1. The second-order valence-electron chi connectivity index (χ2n) is 8.73. The molecular formula is C29H33FN2O3. The summed E-state index contributed by atoms with van der Waals surface area (Å²) in [7, 11) is 0. The molecule has 2 atom stereocenters. The van der Waals surface area contributed by atoms with Crippen LogP contribution < -0.4 is 10.1 Å². The Bertz CT molecular complexity index is 1100. The van der Waals surface area contributed by atoms with Gasteiger partial charge in [0.2, 0.25) is 5.91 Å². The molecule has 3 aromatic carbocycles. The summed E-state index contributed by atoms with van der Waals surface area (Å²) in [5.41, 5.74) is 2.58. The topological polar surface area (TPSA) is 58.6 Å². The van der Waals surface area contributed by atoms with E-state index < -0.39 is 6.04 Å². The number of ether oxygens (including phenoxy) is 1. The highest BCUT2D eigenvalue weighted by atomic mass is 19.1. The fourth-order valence-corrected chi connectivity index (χ4v) is 3.72. The normalized spacial score (nSPS) is 12.5. The van der Waals surface area contributed by atoms with Crippen molar-refractivity contribution < 1.29 is 18.7 Å². The van der Waals surface area contributed by atoms with Crippen LogP contribution in [0.4, 0.5) is 4.39 Å². The molecule has 0 spiro atoms. The molecule has 5 nitrogen and oxygen atoms in total. The molecule has 0 saturated carbocycles. The molecule has 184 valence electrons. The molecule has 0 aliphatic carbocycles. The molecule has 0 unspecified atom stereocenters. The molecule has 0 aromatic heterocycles. The maximum atomic E-state index is 13.5. The lowest BCUT2D eigenvalue weighted by molar-refractivity contribution is -0.143. The maximum Gasteiger partial charge on any atom is 0.261 e. The number of carbonyl (C=O) groups is 2. The molecule has 6 heteroatoms. The number of nitrogens with zero attached hydrogens (tertiary/aromatic N) is 1. The molecule has 0 saturated heterocycles. The van der Waals surface area contributed by atoms with Gasteiger partial charge in [-0.15, -0.1) is 0 Å². The Labute approximate surface area is 206 Å². The molecular weight excluding hydrogens is 443 g/mol. The number of nitrogens with one attached hydrogen (secondary N) is 1. The second-order valence-corrected chi connectivity index (χ2v) is 8.73. The molecule has 3 rings (SSSR count). The highest BCUT2D eigenvalue weighted by Crippen LogP contribution is 2.19. The van der Waals surface area contributed by atoms with Gasteiger partial charge in [0.15, 0.2) is 6.61 Å². The van der Waals surface area contributed by atoms with E-state index >= 15 is 0 Å². The quantitative estimate of drug-likeness (QED) is 0.421. The van der Waals surface area contributed by atoms with Crippen LogP contribution in [0.1, 0.15) is 37.0 Å². The molecule has 0 heterocycles. The lowest BCUT2D eigenvalue weighted by Crippen LogP contribution is -2.53. The van der Waals surface area contributed by atoms with Crippen LogP contribution >= 0.6 is 0 Å². The fourth-order valence-electron chi connectivity index (χ4n) is 3.72. The monoisotopic (exact) mass is 476 g/mol. The summed E-state index contributed by atoms with van der Waals surface area (Å²) in [5.74, 6) is -0.288. The van der Waals surface area contributed by atoms with E-state index in [9.17, 15) is 14.0 Å². The molecule has 0 aliphatic rings. The number of amides is 2. The highest BCUT2D eigenvalue weighted by molar-refractivity contribution is 5.88. The molecule has 2 amide bonds. The van der Waals surface area contributed by atoms with Crippen LogP contribution in [0.3, 0.4) is 0 Å². The summed E-state index contributed by atoms with van der Waals surface area (Å²) in [6, 6.07) is 22.2. The minimum absolute atomic E-state index is 0.0354. The Balaban J connectivity index is 1.91. The lowest BCUT2D eigenvalue weighted by atomic mass is 10.0. The zero-order chi connectivity index (χ0) is 25.2. The van der Waals surface area contributed by atoms with Crippen LogP contribution in [0.15, 0.2) is 78.9 Å². The molecule has 3 aromatic rings. The van der Waals surface area contributed by atoms with Gasteiger partial charge >= 0.3 is 0 Å². The van der Waals surface area contributed by atoms with Crippen molar-refractivity contribution in [2.75, 3.05) is 6.61 Å². The lowest BCUT2D eigenvalue weighted by Gasteiger charge is -2.32. The Morgan fingerprint density at radius 3 is 2.26 bits per heavy atom. The van der Waals surface area contributed by atoms with Crippen molar-refractivity contribution in [1.29, 1.82) is 0 Å². The van der Waals surface area contributed by atoms with Crippen LogP contribution in [-0.2, 0) is 22.6 Å². The van der Waals surface area contributed by atoms with Crippen molar-refractivity contribution in [3.63, 3.8) is 0 Å². The Morgan fingerprint density at radius 1 is 0.943 bits per heavy atom. The van der Waals surface area contributed by atoms with Crippen molar-refractivity contribution >= 4 is 11.8 Å². The first-order valence-electron chi connectivity index (χ1n) is 11.9. The largest absolute Gasteiger partial charge is 0.484 e. The van der Waals surface area contributed by atoms with Gasteiger partial charge in [0, 0.05) is 19.0 Å². The maximum absolute atomic E-state index is 13.5. The average molecular weight is 477 g/mol. The van der Waals surface area contributed by atoms with E-state index in [2.05, 4.69) is 5.32 Å². The smallest absolute Gasteiger partial charge is 0.261 e. The van der Waals surface area contributed by atoms with Crippen molar-refractivity contribution in [3.05, 3.63) is 101 Å². The Morgan fingerprint density at radius 2 is 1.60 bits per heavy atom. The average Bonchev–Trinajstić information content (AvgIpc) is 2.87. The van der Waals surface area contributed by atoms with E-state index in [1.54, 1.807) is 12.1 Å². The Hall–Kier alpha value is -3.67. The van der Waals surface area contributed by atoms with Gasteiger partial charge in [0.25, 0.3) is 5.91 Å². The standard InChI is InChI=1S/C29H33FN2O3/c1-4-22(3)31-29(34)26(18-23-11-6-5-7-12-23)32(19-24-14-16-25(30)17-15-24)28(33)20-35-27-13-9-8-10-21(27)2/h5-17,22,26H,4,18-20H2,1-3H3,(H,31,34)/t22-,26-/m1/s1. The van der Waals surface area contributed by atoms with Gasteiger partial charge in [0.1, 0.15) is 17.6 Å². The first kappa shape index (κ1) is 25.9. The van der Waals surface area contributed by atoms with Crippen LogP contribution in [0.2, 0.25) is 0 Å². The van der Waals surface area contributed by atoms with Gasteiger partial charge in [-0.3, -0.25) is 9.59 Å². The molecule has 0 radical (unpaired) electrons. The molecule has 0 bridgehead atoms. The predicted octanol–water partition coefficient (Wildman–Crippen LogP) is 5.07. The third-order valence-corrected chi connectivity index (χ3v) is 5.98. The summed E-state index contributed by atoms with van der Waals surface area (Å²) >= 11 is 0. The van der Waals surface area contributed by atoms with Crippen LogP contribution in [0.5, 0.6) is 5.75 Å². The number of carbonyl (C=O) groups excluding carboxylic acids is 2. The van der Waals surface area contributed by atoms with Gasteiger partial charge in [-0.1, -0.05) is 67.6 Å². The van der Waals surface area contributed by atoms with Crippen molar-refractivity contribution in [2.24, 2.45) is 0 Å². The van der Waals surface area contributed by atoms with E-state index in [-0.39, 0.29) is 36.8 Å². The second kappa shape index (κ2) is 12.7. The molecule has 0 aliphatic heterocycles. The Kier molecular flexibility index (Phi) is 9.41. The molecule has 35 heavy (non-hydrogen) atoms. The van der Waals surface area contributed by atoms with E-state index in [0.717, 1.165) is 23.1 Å². The van der Waals surface area contributed by atoms with Crippen molar-refractivity contribution in [2.45, 2.75) is 52.2 Å². The van der Waals surface area contributed by atoms with E-state index in [1.165, 1.54) is 17.0 Å². The minimum atomic E-state index is -0.760. The summed E-state index contributed by atoms with van der Waals surface area (Å²) in [6.07, 6.45) is 1.12. The van der Waals surface area contributed by atoms with Crippen LogP contribution in [0, 0.1) is 12.7 Å². The fraction of sp³-hybridized carbons (Fsp3) is 0.310. The summed E-state index contributed by atoms with van der Waals surface area (Å²) in [5, 5.41) is 3.03. The first-order valence-corrected chi connectivity index (χ1v) is 11.9. The number of benzene rings is 3. The highest BCUT2D eigenvalue weighted by Gasteiger charge is 2.31. The van der Waals surface area contributed by atoms with Crippen LogP contribution in [-0.4, -0.2) is 35.4 Å². The number of hydrogen-bond acceptors (Lipinski definition) is 3. The number of para-hydroxylation sites is 1. The zero-order valence-corrected chi connectivity index (χ0v) is 20.5. The molecule has 1 N–H and O–H groups in total. The van der Waals surface area contributed by atoms with E-state index in [0.29, 0.717) is 12.2 Å². The first-order chi connectivity index (χ1) is 16.9. The number of hydrogen-bond donors (Lipinski definition) is 1. The van der Waals surface area contributed by atoms with Gasteiger partial charge in [-0.05, 0) is 55.2 Å². The van der Waals surface area contributed by atoms with Gasteiger partial charge in [0.05, 0.1) is 0 Å². The number of rotatable bonds is 11. The van der Waals surface area contributed by atoms with Crippen molar-refractivity contribution in [1.82, 2.24) is 10.2 Å².